The van der Waals surface area contributed by atoms with E-state index >= 15 is 0 Å². The summed E-state index contributed by atoms with van der Waals surface area (Å²) in [5.74, 6) is 0. The molecule has 0 atom stereocenters. The molecule has 1 aliphatic carbocycles. The van der Waals surface area contributed by atoms with E-state index in [1.54, 1.807) is 48.5 Å². The van der Waals surface area contributed by atoms with E-state index in [1.807, 2.05) is 13.8 Å². The van der Waals surface area contributed by atoms with Crippen molar-refractivity contribution in [2.24, 2.45) is 5.41 Å². The van der Waals surface area contributed by atoms with Crippen LogP contribution in [-0.2, 0) is 28.6 Å². The normalized spacial score (nSPS) is 16.7. The van der Waals surface area contributed by atoms with Gasteiger partial charge in [-0.3, -0.25) is 8.37 Å². The number of hydrogen-bond acceptors (Lipinski definition) is 6. The topological polar surface area (TPSA) is 86.7 Å². The van der Waals surface area contributed by atoms with Crippen LogP contribution in [0.1, 0.15) is 56.1 Å². The first-order valence-electron chi connectivity index (χ1n) is 11.0. The Morgan fingerprint density at radius 2 is 1.03 bits per heavy atom. The minimum Gasteiger partial charge on any atom is -0.266 e. The molecule has 0 N–H and O–H groups in total. The van der Waals surface area contributed by atoms with Crippen LogP contribution in [0.15, 0.2) is 58.3 Å². The highest BCUT2D eigenvalue weighted by molar-refractivity contribution is 7.87. The molecule has 32 heavy (non-hydrogen) atoms. The van der Waals surface area contributed by atoms with Crippen molar-refractivity contribution in [3.8, 4) is 0 Å². The average Bonchev–Trinajstić information content (AvgIpc) is 2.75. The second-order valence-electron chi connectivity index (χ2n) is 8.74. The van der Waals surface area contributed by atoms with Crippen molar-refractivity contribution in [3.05, 3.63) is 59.7 Å². The second kappa shape index (κ2) is 10.5. The molecule has 2 aromatic rings. The number of rotatable bonds is 10. The molecule has 1 fully saturated rings. The highest BCUT2D eigenvalue weighted by atomic mass is 32.2. The lowest BCUT2D eigenvalue weighted by Crippen LogP contribution is -2.28. The van der Waals surface area contributed by atoms with E-state index in [1.165, 1.54) is 0 Å². The molecular formula is C24H32O6S2. The molecule has 0 radical (unpaired) electrons. The van der Waals surface area contributed by atoms with Crippen molar-refractivity contribution in [1.82, 2.24) is 0 Å². The minimum absolute atomic E-state index is 0.0704. The Labute approximate surface area is 192 Å². The maximum absolute atomic E-state index is 12.5. The Hall–Kier alpha value is -1.74. The van der Waals surface area contributed by atoms with Crippen LogP contribution >= 0.6 is 0 Å². The van der Waals surface area contributed by atoms with Crippen LogP contribution in [0.5, 0.6) is 0 Å². The maximum Gasteiger partial charge on any atom is 0.296 e. The van der Waals surface area contributed by atoms with Crippen molar-refractivity contribution in [1.29, 1.82) is 0 Å². The summed E-state index contributed by atoms with van der Waals surface area (Å²) in [5.41, 5.74) is 1.78. The highest BCUT2D eigenvalue weighted by Gasteiger charge is 2.33. The molecule has 0 amide bonds. The Balaban J connectivity index is 1.59. The monoisotopic (exact) mass is 480 g/mol. The van der Waals surface area contributed by atoms with E-state index < -0.39 is 20.2 Å². The lowest BCUT2D eigenvalue weighted by Gasteiger charge is -2.37. The fraction of sp³-hybridized carbons (Fsp3) is 0.500. The third-order valence-corrected chi connectivity index (χ3v) is 8.93. The van der Waals surface area contributed by atoms with Crippen LogP contribution in [0.3, 0.4) is 0 Å². The first-order chi connectivity index (χ1) is 15.1. The third kappa shape index (κ3) is 6.63. The summed E-state index contributed by atoms with van der Waals surface area (Å²) in [5, 5.41) is 0. The standard InChI is InChI=1S/C24H32O6S2/c1-20-6-10-22(11-7-20)31(25,26)29-18-16-24(14-4-3-5-15-24)17-19-30-32(27,28)23-12-8-21(2)9-13-23/h6-13H,3-5,14-19H2,1-2H3. The van der Waals surface area contributed by atoms with E-state index in [-0.39, 0.29) is 28.4 Å². The smallest absolute Gasteiger partial charge is 0.266 e. The average molecular weight is 481 g/mol. The van der Waals surface area contributed by atoms with Gasteiger partial charge in [0.1, 0.15) is 0 Å². The summed E-state index contributed by atoms with van der Waals surface area (Å²) in [7, 11) is -7.63. The molecule has 0 bridgehead atoms. The van der Waals surface area contributed by atoms with Crippen LogP contribution in [0.25, 0.3) is 0 Å². The maximum atomic E-state index is 12.5. The van der Waals surface area contributed by atoms with Gasteiger partial charge in [0.05, 0.1) is 23.0 Å². The SMILES string of the molecule is Cc1ccc(S(=O)(=O)OCCC2(CCOS(=O)(=O)c3ccc(C)cc3)CCCCC2)cc1. The molecular weight excluding hydrogens is 448 g/mol. The highest BCUT2D eigenvalue weighted by Crippen LogP contribution is 2.42. The van der Waals surface area contributed by atoms with Gasteiger partial charge in [-0.15, -0.1) is 0 Å². The van der Waals surface area contributed by atoms with Crippen molar-refractivity contribution in [2.45, 2.75) is 68.6 Å². The lowest BCUT2D eigenvalue weighted by atomic mass is 9.70. The third-order valence-electron chi connectivity index (χ3n) is 6.28. The van der Waals surface area contributed by atoms with Crippen molar-refractivity contribution in [3.63, 3.8) is 0 Å². The molecule has 0 saturated heterocycles. The van der Waals surface area contributed by atoms with Gasteiger partial charge in [-0.05, 0) is 69.2 Å². The fourth-order valence-electron chi connectivity index (χ4n) is 4.21. The molecule has 1 aliphatic rings. The zero-order valence-corrected chi connectivity index (χ0v) is 20.4. The Morgan fingerprint density at radius 3 is 1.41 bits per heavy atom. The second-order valence-corrected chi connectivity index (χ2v) is 12.0. The Morgan fingerprint density at radius 1 is 0.656 bits per heavy atom. The summed E-state index contributed by atoms with van der Waals surface area (Å²) in [6.45, 7) is 3.93. The molecule has 176 valence electrons. The van der Waals surface area contributed by atoms with Gasteiger partial charge in [-0.1, -0.05) is 54.7 Å². The summed E-state index contributed by atoms with van der Waals surface area (Å²) in [6.07, 6.45) is 6.12. The van der Waals surface area contributed by atoms with Crippen molar-refractivity contribution in [2.75, 3.05) is 13.2 Å². The summed E-state index contributed by atoms with van der Waals surface area (Å²) in [6, 6.07) is 13.1. The van der Waals surface area contributed by atoms with Gasteiger partial charge in [0.25, 0.3) is 20.2 Å². The van der Waals surface area contributed by atoms with E-state index in [0.717, 1.165) is 43.2 Å². The van der Waals surface area contributed by atoms with Gasteiger partial charge in [0, 0.05) is 0 Å². The van der Waals surface area contributed by atoms with Crippen LogP contribution in [0, 0.1) is 19.3 Å². The Kier molecular flexibility index (Phi) is 8.14. The first kappa shape index (κ1) is 24.9. The quantitative estimate of drug-likeness (QED) is 0.437. The largest absolute Gasteiger partial charge is 0.296 e. The van der Waals surface area contributed by atoms with Crippen LogP contribution in [0.4, 0.5) is 0 Å². The molecule has 0 aromatic heterocycles. The minimum atomic E-state index is -3.82. The first-order valence-corrected chi connectivity index (χ1v) is 13.9. The zero-order valence-electron chi connectivity index (χ0n) is 18.7. The number of benzene rings is 2. The van der Waals surface area contributed by atoms with Gasteiger partial charge in [0.2, 0.25) is 0 Å². The van der Waals surface area contributed by atoms with Crippen molar-refractivity contribution < 1.29 is 25.2 Å². The van der Waals surface area contributed by atoms with Crippen LogP contribution in [-0.4, -0.2) is 30.0 Å². The van der Waals surface area contributed by atoms with Gasteiger partial charge >= 0.3 is 0 Å². The van der Waals surface area contributed by atoms with E-state index in [0.29, 0.717) is 12.8 Å². The summed E-state index contributed by atoms with van der Waals surface area (Å²) < 4.78 is 60.6. The van der Waals surface area contributed by atoms with Crippen LogP contribution < -0.4 is 0 Å². The predicted molar refractivity (Wildman–Crippen MR) is 123 cm³/mol. The molecule has 0 unspecified atom stereocenters. The molecule has 6 nitrogen and oxygen atoms in total. The van der Waals surface area contributed by atoms with Gasteiger partial charge in [-0.2, -0.15) is 16.8 Å². The Bertz CT molecular complexity index is 999. The predicted octanol–water partition coefficient (Wildman–Crippen LogP) is 5.14. The molecule has 0 spiro atoms. The molecule has 8 heteroatoms. The molecule has 0 heterocycles. The fourth-order valence-corrected chi connectivity index (χ4v) is 6.02. The molecule has 2 aromatic carbocycles. The summed E-state index contributed by atoms with van der Waals surface area (Å²) in [4.78, 5) is 0.293. The van der Waals surface area contributed by atoms with Crippen molar-refractivity contribution >= 4 is 20.2 Å². The molecule has 1 saturated carbocycles. The van der Waals surface area contributed by atoms with E-state index in [4.69, 9.17) is 8.37 Å². The number of hydrogen-bond donors (Lipinski definition) is 0. The molecule has 0 aliphatic heterocycles. The lowest BCUT2D eigenvalue weighted by molar-refractivity contribution is 0.106. The molecule has 3 rings (SSSR count). The van der Waals surface area contributed by atoms with Gasteiger partial charge in [-0.25, -0.2) is 0 Å². The van der Waals surface area contributed by atoms with E-state index in [9.17, 15) is 16.8 Å². The van der Waals surface area contributed by atoms with Gasteiger partial charge < -0.3 is 0 Å². The summed E-state index contributed by atoms with van der Waals surface area (Å²) >= 11 is 0. The van der Waals surface area contributed by atoms with Crippen LogP contribution in [0.2, 0.25) is 0 Å². The zero-order chi connectivity index (χ0) is 23.2. The van der Waals surface area contributed by atoms with E-state index in [2.05, 4.69) is 0 Å². The number of aryl methyl sites for hydroxylation is 2. The van der Waals surface area contributed by atoms with Gasteiger partial charge in [0.15, 0.2) is 0 Å².